The molecule has 0 saturated heterocycles. The summed E-state index contributed by atoms with van der Waals surface area (Å²) in [5.74, 6) is -1.60. The molecule has 0 radical (unpaired) electrons. The van der Waals surface area contributed by atoms with Gasteiger partial charge in [0.2, 0.25) is 0 Å². The molecule has 2 aromatic rings. The van der Waals surface area contributed by atoms with Gasteiger partial charge in [-0.05, 0) is 73.6 Å². The van der Waals surface area contributed by atoms with E-state index in [0.29, 0.717) is 48.6 Å². The van der Waals surface area contributed by atoms with Crippen LogP contribution in [-0.4, -0.2) is 22.0 Å². The Kier molecular flexibility index (Phi) is 5.79. The number of pyridine rings is 1. The van der Waals surface area contributed by atoms with Crippen LogP contribution < -0.4 is 5.32 Å². The Morgan fingerprint density at radius 1 is 0.967 bits per heavy atom. The molecule has 2 N–H and O–H groups in total. The molecule has 2 aliphatic rings. The van der Waals surface area contributed by atoms with Crippen LogP contribution in [0.25, 0.3) is 0 Å². The predicted octanol–water partition coefficient (Wildman–Crippen LogP) is 5.16. The number of halogens is 2. The van der Waals surface area contributed by atoms with Crippen molar-refractivity contribution in [1.82, 2.24) is 10.3 Å². The smallest absolute Gasteiger partial charge is 0.404 e. The molecule has 4 rings (SSSR count). The summed E-state index contributed by atoms with van der Waals surface area (Å²) < 4.78 is 27.7. The van der Waals surface area contributed by atoms with Crippen molar-refractivity contribution in [2.45, 2.75) is 56.9 Å². The van der Waals surface area contributed by atoms with E-state index in [1.807, 2.05) is 6.07 Å². The van der Waals surface area contributed by atoms with E-state index >= 15 is 0 Å². The second-order valence-electron chi connectivity index (χ2n) is 8.23. The number of hydrogen-bond donors (Lipinski definition) is 2. The van der Waals surface area contributed by atoms with Gasteiger partial charge in [-0.15, -0.1) is 0 Å². The monoisotopic (exact) mass is 414 g/mol. The van der Waals surface area contributed by atoms with Gasteiger partial charge in [-0.3, -0.25) is 4.79 Å². The fourth-order valence-corrected chi connectivity index (χ4v) is 4.39. The third-order valence-electron chi connectivity index (χ3n) is 6.17. The van der Waals surface area contributed by atoms with E-state index in [2.05, 4.69) is 10.3 Å². The molecule has 158 valence electrons. The molecule has 5 nitrogen and oxygen atoms in total. The van der Waals surface area contributed by atoms with Crippen molar-refractivity contribution in [3.05, 3.63) is 64.5 Å². The van der Waals surface area contributed by atoms with Gasteiger partial charge in [0.15, 0.2) is 17.4 Å². The van der Waals surface area contributed by atoms with E-state index in [1.54, 1.807) is 12.1 Å². The minimum Gasteiger partial charge on any atom is -0.465 e. The largest absolute Gasteiger partial charge is 0.465 e. The van der Waals surface area contributed by atoms with Gasteiger partial charge >= 0.3 is 6.09 Å². The number of nitrogens with one attached hydrogen (secondary N) is 1. The normalized spacial score (nSPS) is 21.3. The maximum Gasteiger partial charge on any atom is 0.404 e. The van der Waals surface area contributed by atoms with E-state index in [1.165, 1.54) is 6.07 Å². The molecule has 1 aromatic carbocycles. The van der Waals surface area contributed by atoms with Crippen molar-refractivity contribution in [2.75, 3.05) is 0 Å². The maximum absolute atomic E-state index is 14.1. The van der Waals surface area contributed by atoms with Gasteiger partial charge in [0.25, 0.3) is 0 Å². The molecule has 2 aliphatic carbocycles. The number of Topliss-reactive ketones (excluding diaryl/α,β-unsaturated/α-hetero) is 1. The second-order valence-corrected chi connectivity index (χ2v) is 8.23. The van der Waals surface area contributed by atoms with Crippen LogP contribution in [0.3, 0.4) is 0 Å². The lowest BCUT2D eigenvalue weighted by molar-refractivity contribution is 0.0876. The number of benzene rings is 1. The summed E-state index contributed by atoms with van der Waals surface area (Å²) in [5, 5.41) is 11.1. The van der Waals surface area contributed by atoms with E-state index in [-0.39, 0.29) is 24.2 Å². The number of rotatable bonds is 6. The Labute approximate surface area is 173 Å². The van der Waals surface area contributed by atoms with Crippen LogP contribution in [0.15, 0.2) is 30.3 Å². The van der Waals surface area contributed by atoms with Gasteiger partial charge in [0.05, 0.1) is 12.2 Å². The van der Waals surface area contributed by atoms with Crippen molar-refractivity contribution in [3.63, 3.8) is 0 Å². The number of hydrogen-bond acceptors (Lipinski definition) is 3. The van der Waals surface area contributed by atoms with Gasteiger partial charge in [-0.25, -0.2) is 18.6 Å². The molecule has 0 bridgehead atoms. The van der Waals surface area contributed by atoms with Crippen LogP contribution in [0.1, 0.15) is 77.7 Å². The molecule has 0 aliphatic heterocycles. The Morgan fingerprint density at radius 2 is 1.63 bits per heavy atom. The Balaban J connectivity index is 1.49. The Hall–Kier alpha value is -2.83. The molecule has 30 heavy (non-hydrogen) atoms. The lowest BCUT2D eigenvalue weighted by atomic mass is 9.76. The first kappa shape index (κ1) is 20.4. The van der Waals surface area contributed by atoms with Crippen LogP contribution in [-0.2, 0) is 6.54 Å². The minimum absolute atomic E-state index is 0.0211. The maximum atomic E-state index is 14.1. The number of carboxylic acid groups (broad SMARTS) is 1. The van der Waals surface area contributed by atoms with E-state index in [0.717, 1.165) is 24.5 Å². The van der Waals surface area contributed by atoms with Crippen LogP contribution >= 0.6 is 0 Å². The highest BCUT2D eigenvalue weighted by atomic mass is 19.2. The van der Waals surface area contributed by atoms with E-state index in [4.69, 9.17) is 5.11 Å². The summed E-state index contributed by atoms with van der Waals surface area (Å²) in [6, 6.07) is 7.92. The number of carbonyl (C=O) groups is 2. The molecule has 0 unspecified atom stereocenters. The summed E-state index contributed by atoms with van der Waals surface area (Å²) >= 11 is 0. The first-order chi connectivity index (χ1) is 14.4. The molecular weight excluding hydrogens is 390 g/mol. The van der Waals surface area contributed by atoms with Gasteiger partial charge in [-0.2, -0.15) is 0 Å². The topological polar surface area (TPSA) is 79.3 Å². The van der Waals surface area contributed by atoms with E-state index < -0.39 is 17.7 Å². The standard InChI is InChI=1S/C23H24F2N2O3/c24-19-3-1-2-17(20(19)25)13-6-8-15(9-7-13)22(28)21-18(14-4-5-14)11-10-16(27-21)12-26-23(29)30/h1-3,10-11,13-15,26H,4-9,12H2,(H,29,30). The Bertz CT molecular complexity index is 967. The molecule has 1 aromatic heterocycles. The van der Waals surface area contributed by atoms with Crippen molar-refractivity contribution < 1.29 is 23.5 Å². The second kappa shape index (κ2) is 8.50. The highest BCUT2D eigenvalue weighted by Gasteiger charge is 2.34. The molecule has 1 heterocycles. The van der Waals surface area contributed by atoms with Crippen LogP contribution in [0.5, 0.6) is 0 Å². The third-order valence-corrected chi connectivity index (χ3v) is 6.17. The number of aromatic nitrogens is 1. The fraction of sp³-hybridized carbons (Fsp3) is 0.435. The summed E-state index contributed by atoms with van der Waals surface area (Å²) in [6.07, 6.45) is 3.36. The average Bonchev–Trinajstić information content (AvgIpc) is 3.59. The number of carbonyl (C=O) groups excluding carboxylic acids is 1. The highest BCUT2D eigenvalue weighted by Crippen LogP contribution is 2.43. The van der Waals surface area contributed by atoms with Crippen molar-refractivity contribution in [2.24, 2.45) is 5.92 Å². The fourth-order valence-electron chi connectivity index (χ4n) is 4.39. The molecule has 7 heteroatoms. The number of ketones is 1. The zero-order chi connectivity index (χ0) is 21.3. The summed E-state index contributed by atoms with van der Waals surface area (Å²) in [5.41, 5.74) is 2.29. The number of nitrogens with zero attached hydrogens (tertiary/aromatic N) is 1. The van der Waals surface area contributed by atoms with Crippen molar-refractivity contribution in [3.8, 4) is 0 Å². The summed E-state index contributed by atoms with van der Waals surface area (Å²) in [7, 11) is 0. The number of amides is 1. The predicted molar refractivity (Wildman–Crippen MR) is 106 cm³/mol. The lowest BCUT2D eigenvalue weighted by Gasteiger charge is -2.28. The van der Waals surface area contributed by atoms with Gasteiger partial charge in [-0.1, -0.05) is 18.2 Å². The zero-order valence-electron chi connectivity index (χ0n) is 16.5. The van der Waals surface area contributed by atoms with Gasteiger partial charge in [0, 0.05) is 5.92 Å². The Morgan fingerprint density at radius 3 is 2.30 bits per heavy atom. The summed E-state index contributed by atoms with van der Waals surface area (Å²) in [4.78, 5) is 28.5. The minimum atomic E-state index is -1.14. The molecular formula is C23H24F2N2O3. The lowest BCUT2D eigenvalue weighted by Crippen LogP contribution is -2.25. The van der Waals surface area contributed by atoms with Gasteiger partial charge in [0.1, 0.15) is 5.69 Å². The summed E-state index contributed by atoms with van der Waals surface area (Å²) in [6.45, 7) is 0.0478. The average molecular weight is 414 g/mol. The molecule has 2 fully saturated rings. The SMILES string of the molecule is O=C(O)NCc1ccc(C2CC2)c(C(=O)C2CCC(c3cccc(F)c3F)CC2)n1. The molecule has 1 amide bonds. The quantitative estimate of drug-likeness (QED) is 0.640. The van der Waals surface area contributed by atoms with Crippen LogP contribution in [0.4, 0.5) is 13.6 Å². The van der Waals surface area contributed by atoms with E-state index in [9.17, 15) is 18.4 Å². The molecule has 0 spiro atoms. The van der Waals surface area contributed by atoms with Gasteiger partial charge < -0.3 is 10.4 Å². The highest BCUT2D eigenvalue weighted by molar-refractivity contribution is 5.97. The third kappa shape index (κ3) is 4.35. The van der Waals surface area contributed by atoms with Crippen molar-refractivity contribution in [1.29, 1.82) is 0 Å². The first-order valence-electron chi connectivity index (χ1n) is 10.4. The molecule has 2 saturated carbocycles. The first-order valence-corrected chi connectivity index (χ1v) is 10.4. The van der Waals surface area contributed by atoms with Crippen LogP contribution in [0.2, 0.25) is 0 Å². The van der Waals surface area contributed by atoms with Crippen molar-refractivity contribution >= 4 is 11.9 Å². The molecule has 0 atom stereocenters. The van der Waals surface area contributed by atoms with Crippen LogP contribution in [0, 0.1) is 17.6 Å². The zero-order valence-corrected chi connectivity index (χ0v) is 16.5.